The SMILES string of the molecule is CC(C)c1cc(C=O)cc(C(C)C)c1N1CCN(c2c(C(C)C)cc(C=O)cc2C(C)C)C1. The predicted molar refractivity (Wildman–Crippen MR) is 140 cm³/mol. The number of benzene rings is 2. The Bertz CT molecular complexity index is 881. The maximum Gasteiger partial charge on any atom is 0.150 e. The van der Waals surface area contributed by atoms with E-state index in [1.165, 1.54) is 33.6 Å². The molecule has 1 heterocycles. The Morgan fingerprint density at radius 2 is 0.848 bits per heavy atom. The van der Waals surface area contributed by atoms with Crippen LogP contribution in [0.3, 0.4) is 0 Å². The number of carbonyl (C=O) groups excluding carboxylic acids is 2. The van der Waals surface area contributed by atoms with Gasteiger partial charge in [-0.25, -0.2) is 0 Å². The molecule has 0 aromatic heterocycles. The molecule has 1 aliphatic heterocycles. The van der Waals surface area contributed by atoms with Crippen LogP contribution >= 0.6 is 0 Å². The van der Waals surface area contributed by atoms with Crippen LogP contribution in [0.1, 0.15) is 122 Å². The van der Waals surface area contributed by atoms with E-state index >= 15 is 0 Å². The average Bonchev–Trinajstić information content (AvgIpc) is 3.26. The van der Waals surface area contributed by atoms with E-state index in [2.05, 4.69) is 89.5 Å². The summed E-state index contributed by atoms with van der Waals surface area (Å²) in [6.07, 6.45) is 1.94. The molecule has 0 saturated carbocycles. The lowest BCUT2D eigenvalue weighted by atomic mass is 9.89. The minimum atomic E-state index is 0.329. The minimum Gasteiger partial charge on any atom is -0.352 e. The zero-order chi connectivity index (χ0) is 24.4. The minimum absolute atomic E-state index is 0.329. The molecule has 2 aromatic rings. The van der Waals surface area contributed by atoms with E-state index < -0.39 is 0 Å². The van der Waals surface area contributed by atoms with E-state index in [-0.39, 0.29) is 0 Å². The summed E-state index contributed by atoms with van der Waals surface area (Å²) in [5, 5.41) is 0. The summed E-state index contributed by atoms with van der Waals surface area (Å²) in [6.45, 7) is 20.3. The maximum atomic E-state index is 11.6. The van der Waals surface area contributed by atoms with Crippen molar-refractivity contribution < 1.29 is 9.59 Å². The molecule has 2 aromatic carbocycles. The van der Waals surface area contributed by atoms with Crippen molar-refractivity contribution in [2.75, 3.05) is 29.6 Å². The van der Waals surface area contributed by atoms with Gasteiger partial charge in [0.2, 0.25) is 0 Å². The highest BCUT2D eigenvalue weighted by Gasteiger charge is 2.30. The normalized spacial score (nSPS) is 14.3. The van der Waals surface area contributed by atoms with Crippen molar-refractivity contribution in [1.29, 1.82) is 0 Å². The Kier molecular flexibility index (Phi) is 7.66. The van der Waals surface area contributed by atoms with E-state index in [1.807, 2.05) is 0 Å². The molecule has 1 aliphatic rings. The Morgan fingerprint density at radius 1 is 0.576 bits per heavy atom. The molecular formula is C29H40N2O2. The fourth-order valence-corrected chi connectivity index (χ4v) is 4.99. The van der Waals surface area contributed by atoms with Gasteiger partial charge >= 0.3 is 0 Å². The van der Waals surface area contributed by atoms with Gasteiger partial charge in [0.15, 0.2) is 0 Å². The summed E-state index contributed by atoms with van der Waals surface area (Å²) < 4.78 is 0. The molecule has 0 spiro atoms. The van der Waals surface area contributed by atoms with Crippen molar-refractivity contribution in [2.45, 2.75) is 79.1 Å². The van der Waals surface area contributed by atoms with Crippen molar-refractivity contribution >= 4 is 23.9 Å². The van der Waals surface area contributed by atoms with Crippen LogP contribution in [-0.4, -0.2) is 32.3 Å². The predicted octanol–water partition coefficient (Wildman–Crippen LogP) is 7.09. The Balaban J connectivity index is 2.11. The van der Waals surface area contributed by atoms with Gasteiger partial charge in [0.05, 0.1) is 6.67 Å². The summed E-state index contributed by atoms with van der Waals surface area (Å²) in [5.74, 6) is 1.32. The topological polar surface area (TPSA) is 40.6 Å². The number of hydrogen-bond donors (Lipinski definition) is 0. The first-order chi connectivity index (χ1) is 15.6. The molecule has 0 unspecified atom stereocenters. The number of anilines is 2. The fraction of sp³-hybridized carbons (Fsp3) is 0.517. The summed E-state index contributed by atoms with van der Waals surface area (Å²) in [6, 6.07) is 8.28. The molecule has 0 atom stereocenters. The summed E-state index contributed by atoms with van der Waals surface area (Å²) >= 11 is 0. The van der Waals surface area contributed by atoms with E-state index in [0.29, 0.717) is 23.7 Å². The third-order valence-corrected chi connectivity index (χ3v) is 6.76. The smallest absolute Gasteiger partial charge is 0.150 e. The largest absolute Gasteiger partial charge is 0.352 e. The second-order valence-electron chi connectivity index (χ2n) is 10.6. The second-order valence-corrected chi connectivity index (χ2v) is 10.6. The highest BCUT2D eigenvalue weighted by atomic mass is 16.1. The summed E-state index contributed by atoms with van der Waals surface area (Å²) in [5.41, 5.74) is 9.07. The van der Waals surface area contributed by atoms with Crippen LogP contribution in [0.25, 0.3) is 0 Å². The molecule has 0 amide bonds. The maximum absolute atomic E-state index is 11.6. The molecule has 3 rings (SSSR count). The van der Waals surface area contributed by atoms with Crippen LogP contribution in [0.5, 0.6) is 0 Å². The van der Waals surface area contributed by atoms with Gasteiger partial charge in [-0.3, -0.25) is 9.59 Å². The third kappa shape index (κ3) is 5.00. The van der Waals surface area contributed by atoms with Gasteiger partial charge in [0.25, 0.3) is 0 Å². The van der Waals surface area contributed by atoms with Crippen molar-refractivity contribution in [3.8, 4) is 0 Å². The zero-order valence-corrected chi connectivity index (χ0v) is 21.6. The second kappa shape index (κ2) is 10.1. The van der Waals surface area contributed by atoms with Crippen LogP contribution in [0.4, 0.5) is 11.4 Å². The van der Waals surface area contributed by atoms with E-state index in [0.717, 1.165) is 43.5 Å². The number of aldehydes is 2. The molecule has 0 N–H and O–H groups in total. The molecule has 4 nitrogen and oxygen atoms in total. The summed E-state index contributed by atoms with van der Waals surface area (Å²) in [4.78, 5) is 28.2. The van der Waals surface area contributed by atoms with Crippen molar-refractivity contribution in [3.05, 3.63) is 57.6 Å². The van der Waals surface area contributed by atoms with Crippen LogP contribution in [0.2, 0.25) is 0 Å². The monoisotopic (exact) mass is 448 g/mol. The van der Waals surface area contributed by atoms with Gasteiger partial charge in [-0.1, -0.05) is 55.4 Å². The molecule has 0 bridgehead atoms. The Morgan fingerprint density at radius 3 is 1.06 bits per heavy atom. The zero-order valence-electron chi connectivity index (χ0n) is 21.6. The number of carbonyl (C=O) groups is 2. The number of nitrogens with zero attached hydrogens (tertiary/aromatic N) is 2. The van der Waals surface area contributed by atoms with Gasteiger partial charge in [0.1, 0.15) is 12.6 Å². The lowest BCUT2D eigenvalue weighted by molar-refractivity contribution is 0.111. The van der Waals surface area contributed by atoms with Crippen LogP contribution in [0.15, 0.2) is 24.3 Å². The molecule has 4 heteroatoms. The van der Waals surface area contributed by atoms with Crippen LogP contribution in [0, 0.1) is 0 Å². The molecule has 1 fully saturated rings. The molecule has 178 valence electrons. The quantitative estimate of drug-likeness (QED) is 0.404. The van der Waals surface area contributed by atoms with Crippen molar-refractivity contribution in [1.82, 2.24) is 0 Å². The van der Waals surface area contributed by atoms with Crippen LogP contribution in [-0.2, 0) is 0 Å². The first-order valence-electron chi connectivity index (χ1n) is 12.3. The van der Waals surface area contributed by atoms with E-state index in [9.17, 15) is 9.59 Å². The molecular weight excluding hydrogens is 408 g/mol. The van der Waals surface area contributed by atoms with Crippen molar-refractivity contribution in [2.24, 2.45) is 0 Å². The molecule has 33 heavy (non-hydrogen) atoms. The average molecular weight is 449 g/mol. The lowest BCUT2D eigenvalue weighted by Crippen LogP contribution is -2.29. The molecule has 1 saturated heterocycles. The number of hydrogen-bond acceptors (Lipinski definition) is 4. The Labute approximate surface area is 200 Å². The highest BCUT2D eigenvalue weighted by Crippen LogP contribution is 2.41. The van der Waals surface area contributed by atoms with E-state index in [4.69, 9.17) is 0 Å². The highest BCUT2D eigenvalue weighted by molar-refractivity contribution is 5.81. The number of rotatable bonds is 8. The van der Waals surface area contributed by atoms with Gasteiger partial charge in [-0.15, -0.1) is 0 Å². The van der Waals surface area contributed by atoms with Crippen molar-refractivity contribution in [3.63, 3.8) is 0 Å². The van der Waals surface area contributed by atoms with Gasteiger partial charge in [-0.2, -0.15) is 0 Å². The first-order valence-corrected chi connectivity index (χ1v) is 12.3. The standard InChI is InChI=1S/C29H40N2O2/c1-18(2)24-11-22(15-32)12-25(19(3)4)28(24)30-9-10-31(17-30)29-26(20(5)6)13-23(16-33)14-27(29)21(7)8/h11-16,18-21H,9-10,17H2,1-8H3. The van der Waals surface area contributed by atoms with E-state index in [1.54, 1.807) is 0 Å². The van der Waals surface area contributed by atoms with Gasteiger partial charge in [-0.05, 0) is 70.2 Å². The van der Waals surface area contributed by atoms with Crippen LogP contribution < -0.4 is 9.80 Å². The first kappa shape index (κ1) is 25.0. The Hall–Kier alpha value is -2.62. The lowest BCUT2D eigenvalue weighted by Gasteiger charge is -2.31. The van der Waals surface area contributed by atoms with Gasteiger partial charge in [0, 0.05) is 35.6 Å². The fourth-order valence-electron chi connectivity index (χ4n) is 4.99. The molecule has 0 aliphatic carbocycles. The summed E-state index contributed by atoms with van der Waals surface area (Å²) in [7, 11) is 0. The van der Waals surface area contributed by atoms with Gasteiger partial charge < -0.3 is 9.80 Å². The molecule has 0 radical (unpaired) electrons. The third-order valence-electron chi connectivity index (χ3n) is 6.76.